The van der Waals surface area contributed by atoms with E-state index in [9.17, 15) is 4.79 Å². The van der Waals surface area contributed by atoms with Crippen LogP contribution in [0.5, 0.6) is 0 Å². The lowest BCUT2D eigenvalue weighted by atomic mass is 10.1. The molecule has 2 unspecified atom stereocenters. The maximum absolute atomic E-state index is 11.8. The van der Waals surface area contributed by atoms with Crippen LogP contribution in [-0.4, -0.2) is 75.3 Å². The van der Waals surface area contributed by atoms with Crippen molar-refractivity contribution in [3.05, 3.63) is 35.4 Å². The second-order valence-corrected chi connectivity index (χ2v) is 7.19. The average molecular weight is 517 g/mol. The zero-order chi connectivity index (χ0) is 20.4. The zero-order valence-corrected chi connectivity index (χ0v) is 20.4. The van der Waals surface area contributed by atoms with Crippen molar-refractivity contribution >= 4 is 35.8 Å². The van der Waals surface area contributed by atoms with Gasteiger partial charge in [0.1, 0.15) is 0 Å². The molecule has 0 aliphatic carbocycles. The second kappa shape index (κ2) is 13.8. The van der Waals surface area contributed by atoms with Gasteiger partial charge in [-0.15, -0.1) is 24.0 Å². The average Bonchev–Trinajstić information content (AvgIpc) is 2.71. The number of nitrogens with zero attached hydrogens (tertiary/aromatic N) is 2. The number of hydrogen-bond acceptors (Lipinski definition) is 4. The SMILES string of the molecule is CCNC(=NCC(C)N1CCOCC1C)NCCc1cccc(C(=O)NC)c1.I. The molecule has 1 heterocycles. The number of hydrogen-bond donors (Lipinski definition) is 3. The van der Waals surface area contributed by atoms with E-state index >= 15 is 0 Å². The Balaban J connectivity index is 0.00000420. The quantitative estimate of drug-likeness (QED) is 0.279. The summed E-state index contributed by atoms with van der Waals surface area (Å²) in [4.78, 5) is 19.0. The Kier molecular flexibility index (Phi) is 12.2. The number of amides is 1. The first kappa shape index (κ1) is 25.6. The van der Waals surface area contributed by atoms with Crippen molar-refractivity contribution in [3.63, 3.8) is 0 Å². The van der Waals surface area contributed by atoms with Gasteiger partial charge in [-0.1, -0.05) is 12.1 Å². The first-order chi connectivity index (χ1) is 13.5. The molecule has 164 valence electrons. The van der Waals surface area contributed by atoms with Crippen LogP contribution in [0.2, 0.25) is 0 Å². The summed E-state index contributed by atoms with van der Waals surface area (Å²) in [6.07, 6.45) is 0.825. The Morgan fingerprint density at radius 1 is 1.38 bits per heavy atom. The third kappa shape index (κ3) is 8.47. The Bertz CT molecular complexity index is 656. The van der Waals surface area contributed by atoms with Gasteiger partial charge in [0.05, 0.1) is 19.8 Å². The summed E-state index contributed by atoms with van der Waals surface area (Å²) in [5, 5.41) is 9.37. The fraction of sp³-hybridized carbons (Fsp3) is 0.619. The van der Waals surface area contributed by atoms with Crippen LogP contribution in [-0.2, 0) is 11.2 Å². The maximum atomic E-state index is 11.8. The summed E-state index contributed by atoms with van der Waals surface area (Å²) in [5.41, 5.74) is 1.81. The molecule has 0 bridgehead atoms. The molecule has 1 aromatic rings. The first-order valence-corrected chi connectivity index (χ1v) is 10.2. The molecule has 1 aliphatic heterocycles. The normalized spacial score (nSPS) is 18.5. The number of benzene rings is 1. The zero-order valence-electron chi connectivity index (χ0n) is 18.0. The van der Waals surface area contributed by atoms with Gasteiger partial charge in [-0.05, 0) is 44.9 Å². The molecule has 2 atom stereocenters. The van der Waals surface area contributed by atoms with Crippen LogP contribution < -0.4 is 16.0 Å². The lowest BCUT2D eigenvalue weighted by Crippen LogP contribution is -2.49. The Labute approximate surface area is 192 Å². The van der Waals surface area contributed by atoms with Gasteiger partial charge in [-0.2, -0.15) is 0 Å². The van der Waals surface area contributed by atoms with Crippen molar-refractivity contribution < 1.29 is 9.53 Å². The molecule has 0 saturated carbocycles. The lowest BCUT2D eigenvalue weighted by molar-refractivity contribution is -0.0165. The number of carbonyl (C=O) groups excluding carboxylic acids is 1. The fourth-order valence-electron chi connectivity index (χ4n) is 3.40. The van der Waals surface area contributed by atoms with Crippen molar-refractivity contribution in [2.24, 2.45) is 4.99 Å². The van der Waals surface area contributed by atoms with Gasteiger partial charge in [0.15, 0.2) is 5.96 Å². The van der Waals surface area contributed by atoms with E-state index in [-0.39, 0.29) is 29.9 Å². The lowest BCUT2D eigenvalue weighted by Gasteiger charge is -2.37. The van der Waals surface area contributed by atoms with Crippen LogP contribution in [0, 0.1) is 0 Å². The van der Waals surface area contributed by atoms with E-state index < -0.39 is 0 Å². The number of morpholine rings is 1. The minimum Gasteiger partial charge on any atom is -0.379 e. The van der Waals surface area contributed by atoms with Gasteiger partial charge in [0.2, 0.25) is 0 Å². The Morgan fingerprint density at radius 3 is 2.86 bits per heavy atom. The van der Waals surface area contributed by atoms with Crippen molar-refractivity contribution in [3.8, 4) is 0 Å². The highest BCUT2D eigenvalue weighted by Crippen LogP contribution is 2.11. The highest BCUT2D eigenvalue weighted by atomic mass is 127. The third-order valence-electron chi connectivity index (χ3n) is 4.97. The highest BCUT2D eigenvalue weighted by molar-refractivity contribution is 14.0. The summed E-state index contributed by atoms with van der Waals surface area (Å²) in [6, 6.07) is 8.53. The molecule has 3 N–H and O–H groups in total. The number of nitrogens with one attached hydrogen (secondary N) is 3. The van der Waals surface area contributed by atoms with E-state index in [1.54, 1.807) is 7.05 Å². The summed E-state index contributed by atoms with van der Waals surface area (Å²) < 4.78 is 5.52. The topological polar surface area (TPSA) is 78.0 Å². The fourth-order valence-corrected chi connectivity index (χ4v) is 3.40. The molecule has 1 saturated heterocycles. The molecular weight excluding hydrogens is 481 g/mol. The second-order valence-electron chi connectivity index (χ2n) is 7.19. The van der Waals surface area contributed by atoms with Crippen LogP contribution in [0.3, 0.4) is 0 Å². The first-order valence-electron chi connectivity index (χ1n) is 10.2. The molecule has 7 nitrogen and oxygen atoms in total. The Morgan fingerprint density at radius 2 is 2.17 bits per heavy atom. The summed E-state index contributed by atoms with van der Waals surface area (Å²) >= 11 is 0. The van der Waals surface area contributed by atoms with Crippen LogP contribution in [0.4, 0.5) is 0 Å². The minimum atomic E-state index is -0.0592. The number of rotatable bonds is 8. The van der Waals surface area contributed by atoms with Gasteiger partial charge in [0.25, 0.3) is 5.91 Å². The van der Waals surface area contributed by atoms with E-state index in [4.69, 9.17) is 9.73 Å². The molecule has 8 heteroatoms. The standard InChI is InChI=1S/C21H35N5O2.HI/c1-5-23-21(25-14-16(2)26-11-12-28-15-17(26)3)24-10-9-18-7-6-8-19(13-18)20(27)22-4;/h6-8,13,16-17H,5,9-12,14-15H2,1-4H3,(H,22,27)(H2,23,24,25);1H. The molecule has 1 aliphatic rings. The number of halogens is 1. The molecule has 0 radical (unpaired) electrons. The number of aliphatic imine (C=N–C) groups is 1. The van der Waals surface area contributed by atoms with Crippen molar-refractivity contribution in [1.82, 2.24) is 20.9 Å². The van der Waals surface area contributed by atoms with Gasteiger partial charge in [-0.25, -0.2) is 0 Å². The largest absolute Gasteiger partial charge is 0.379 e. The maximum Gasteiger partial charge on any atom is 0.251 e. The molecule has 1 aromatic carbocycles. The predicted molar refractivity (Wildman–Crippen MR) is 129 cm³/mol. The van der Waals surface area contributed by atoms with Crippen LogP contribution in [0.15, 0.2) is 29.3 Å². The third-order valence-corrected chi connectivity index (χ3v) is 4.97. The summed E-state index contributed by atoms with van der Waals surface area (Å²) in [6.45, 7) is 11.4. The summed E-state index contributed by atoms with van der Waals surface area (Å²) in [5.74, 6) is 0.772. The molecule has 0 aromatic heterocycles. The van der Waals surface area contributed by atoms with E-state index in [0.29, 0.717) is 17.6 Å². The van der Waals surface area contributed by atoms with Gasteiger partial charge in [0, 0.05) is 44.3 Å². The van der Waals surface area contributed by atoms with Crippen LogP contribution >= 0.6 is 24.0 Å². The smallest absolute Gasteiger partial charge is 0.251 e. The molecular formula is C21H36IN5O2. The molecule has 0 spiro atoms. The molecule has 2 rings (SSSR count). The minimum absolute atomic E-state index is 0. The molecule has 29 heavy (non-hydrogen) atoms. The summed E-state index contributed by atoms with van der Waals surface area (Å²) in [7, 11) is 1.65. The van der Waals surface area contributed by atoms with Crippen LogP contribution in [0.1, 0.15) is 36.7 Å². The van der Waals surface area contributed by atoms with Gasteiger partial charge >= 0.3 is 0 Å². The van der Waals surface area contributed by atoms with Gasteiger partial charge in [-0.3, -0.25) is 14.7 Å². The number of ether oxygens (including phenoxy) is 1. The Hall–Kier alpha value is -1.39. The van der Waals surface area contributed by atoms with Gasteiger partial charge < -0.3 is 20.7 Å². The van der Waals surface area contributed by atoms with E-state index in [1.165, 1.54) is 0 Å². The van der Waals surface area contributed by atoms with Crippen LogP contribution in [0.25, 0.3) is 0 Å². The molecule has 1 fully saturated rings. The molecule has 1 amide bonds. The predicted octanol–water partition coefficient (Wildman–Crippen LogP) is 1.87. The monoisotopic (exact) mass is 517 g/mol. The van der Waals surface area contributed by atoms with Crippen molar-refractivity contribution in [1.29, 1.82) is 0 Å². The van der Waals surface area contributed by atoms with E-state index in [1.807, 2.05) is 24.3 Å². The highest BCUT2D eigenvalue weighted by Gasteiger charge is 2.23. The van der Waals surface area contributed by atoms with Crippen molar-refractivity contribution in [2.45, 2.75) is 39.3 Å². The number of carbonyl (C=O) groups is 1. The van der Waals surface area contributed by atoms with E-state index in [0.717, 1.165) is 57.3 Å². The van der Waals surface area contributed by atoms with Crippen molar-refractivity contribution in [2.75, 3.05) is 46.4 Å². The van der Waals surface area contributed by atoms with E-state index in [2.05, 4.69) is 41.6 Å². The number of guanidine groups is 1.